The van der Waals surface area contributed by atoms with Crippen LogP contribution in [0.1, 0.15) is 0 Å². The van der Waals surface area contributed by atoms with Gasteiger partial charge in [0.1, 0.15) is 10.7 Å². The molecule has 0 unspecified atom stereocenters. The lowest BCUT2D eigenvalue weighted by Crippen LogP contribution is -2.46. The van der Waals surface area contributed by atoms with Crippen LogP contribution >= 0.6 is 0 Å². The predicted molar refractivity (Wildman–Crippen MR) is 105 cm³/mol. The van der Waals surface area contributed by atoms with Crippen LogP contribution in [0.15, 0.2) is 53.6 Å². The van der Waals surface area contributed by atoms with Gasteiger partial charge in [0.05, 0.1) is 13.2 Å². The fourth-order valence-corrected chi connectivity index (χ4v) is 4.83. The van der Waals surface area contributed by atoms with Crippen molar-refractivity contribution in [1.82, 2.24) is 9.29 Å². The average Bonchev–Trinajstić information content (AvgIpc) is 2.75. The molecule has 144 valence electrons. The van der Waals surface area contributed by atoms with E-state index < -0.39 is 10.0 Å². The zero-order valence-electron chi connectivity index (χ0n) is 15.2. The van der Waals surface area contributed by atoms with E-state index in [1.807, 2.05) is 12.1 Å². The van der Waals surface area contributed by atoms with Crippen LogP contribution in [-0.2, 0) is 14.8 Å². The molecule has 2 aliphatic heterocycles. The first-order chi connectivity index (χ1) is 13.1. The highest BCUT2D eigenvalue weighted by molar-refractivity contribution is 7.89. The third-order valence-electron chi connectivity index (χ3n) is 5.05. The number of nitrogens with zero attached hydrogens (tertiary/aromatic N) is 4. The van der Waals surface area contributed by atoms with Crippen molar-refractivity contribution in [3.05, 3.63) is 48.7 Å². The molecule has 7 nitrogen and oxygen atoms in total. The fraction of sp³-hybridized carbons (Fsp3) is 0.421. The van der Waals surface area contributed by atoms with E-state index in [2.05, 4.69) is 39.0 Å². The molecule has 0 bridgehead atoms. The number of pyridine rings is 1. The lowest BCUT2D eigenvalue weighted by atomic mass is 10.2. The Hall–Kier alpha value is -2.16. The molecule has 0 N–H and O–H groups in total. The zero-order valence-corrected chi connectivity index (χ0v) is 16.0. The molecule has 0 radical (unpaired) electrons. The highest BCUT2D eigenvalue weighted by Crippen LogP contribution is 2.21. The molecule has 0 saturated carbocycles. The van der Waals surface area contributed by atoms with Crippen LogP contribution in [0.25, 0.3) is 0 Å². The number of hydrogen-bond donors (Lipinski definition) is 0. The van der Waals surface area contributed by atoms with Crippen molar-refractivity contribution in [3.63, 3.8) is 0 Å². The standard InChI is InChI=1S/C19H24N4O3S/c24-27(25,23-12-14-26-15-13-23)18-6-7-19(20-16-18)22-10-8-21(9-11-22)17-4-2-1-3-5-17/h1-7,16H,8-15H2. The van der Waals surface area contributed by atoms with Gasteiger partial charge >= 0.3 is 0 Å². The Morgan fingerprint density at radius 3 is 2.11 bits per heavy atom. The SMILES string of the molecule is O=S(=O)(c1ccc(N2CCN(c3ccccc3)CC2)nc1)N1CCOCC1. The van der Waals surface area contributed by atoms with E-state index in [4.69, 9.17) is 4.74 Å². The molecule has 2 saturated heterocycles. The molecule has 4 rings (SSSR count). The van der Waals surface area contributed by atoms with E-state index in [0.29, 0.717) is 26.3 Å². The largest absolute Gasteiger partial charge is 0.379 e. The van der Waals surface area contributed by atoms with Gasteiger partial charge in [0.25, 0.3) is 0 Å². The van der Waals surface area contributed by atoms with Gasteiger partial charge in [0.15, 0.2) is 0 Å². The van der Waals surface area contributed by atoms with Gasteiger partial charge in [-0.2, -0.15) is 4.31 Å². The maximum atomic E-state index is 12.7. The molecule has 1 aromatic heterocycles. The van der Waals surface area contributed by atoms with Gasteiger partial charge in [0.2, 0.25) is 10.0 Å². The summed E-state index contributed by atoms with van der Waals surface area (Å²) in [6, 6.07) is 13.9. The molecule has 8 heteroatoms. The molecular formula is C19H24N4O3S. The van der Waals surface area contributed by atoms with Crippen molar-refractivity contribution in [2.24, 2.45) is 0 Å². The number of sulfonamides is 1. The van der Waals surface area contributed by atoms with Crippen LogP contribution in [0.2, 0.25) is 0 Å². The number of ether oxygens (including phenoxy) is 1. The molecule has 1 aromatic carbocycles. The van der Waals surface area contributed by atoms with Crippen LogP contribution < -0.4 is 9.80 Å². The molecule has 0 spiro atoms. The number of para-hydroxylation sites is 1. The minimum atomic E-state index is -3.49. The van der Waals surface area contributed by atoms with Gasteiger partial charge in [-0.05, 0) is 24.3 Å². The van der Waals surface area contributed by atoms with Crippen LogP contribution in [0.4, 0.5) is 11.5 Å². The Morgan fingerprint density at radius 2 is 1.48 bits per heavy atom. The summed E-state index contributed by atoms with van der Waals surface area (Å²) in [6.07, 6.45) is 1.48. The maximum absolute atomic E-state index is 12.7. The monoisotopic (exact) mass is 388 g/mol. The number of anilines is 2. The van der Waals surface area contributed by atoms with Crippen molar-refractivity contribution in [2.75, 3.05) is 62.3 Å². The van der Waals surface area contributed by atoms with E-state index in [-0.39, 0.29) is 4.90 Å². The van der Waals surface area contributed by atoms with Crippen molar-refractivity contribution >= 4 is 21.5 Å². The quantitative estimate of drug-likeness (QED) is 0.790. The molecule has 2 fully saturated rings. The number of aromatic nitrogens is 1. The number of morpholine rings is 1. The summed E-state index contributed by atoms with van der Waals surface area (Å²) < 4.78 is 32.1. The van der Waals surface area contributed by atoms with Crippen LogP contribution in [0, 0.1) is 0 Å². The summed E-state index contributed by atoms with van der Waals surface area (Å²) in [6.45, 7) is 5.22. The normalized spacial score (nSPS) is 19.3. The summed E-state index contributed by atoms with van der Waals surface area (Å²) in [4.78, 5) is 9.23. The summed E-state index contributed by atoms with van der Waals surface area (Å²) in [5.41, 5.74) is 1.23. The van der Waals surface area contributed by atoms with Crippen LogP contribution in [0.5, 0.6) is 0 Å². The van der Waals surface area contributed by atoms with E-state index in [0.717, 1.165) is 32.0 Å². The second-order valence-corrected chi connectivity index (χ2v) is 8.62. The van der Waals surface area contributed by atoms with Gasteiger partial charge in [-0.25, -0.2) is 13.4 Å². The Morgan fingerprint density at radius 1 is 0.815 bits per heavy atom. The number of rotatable bonds is 4. The first kappa shape index (κ1) is 18.2. The highest BCUT2D eigenvalue weighted by Gasteiger charge is 2.27. The van der Waals surface area contributed by atoms with E-state index >= 15 is 0 Å². The smallest absolute Gasteiger partial charge is 0.244 e. The lowest BCUT2D eigenvalue weighted by molar-refractivity contribution is 0.0730. The number of hydrogen-bond acceptors (Lipinski definition) is 6. The van der Waals surface area contributed by atoms with Gasteiger partial charge in [-0.3, -0.25) is 0 Å². The molecular weight excluding hydrogens is 364 g/mol. The van der Waals surface area contributed by atoms with E-state index in [1.165, 1.54) is 16.2 Å². The first-order valence-corrected chi connectivity index (χ1v) is 10.7. The average molecular weight is 388 g/mol. The van der Waals surface area contributed by atoms with Crippen molar-refractivity contribution in [3.8, 4) is 0 Å². The Kier molecular flexibility index (Phi) is 5.29. The summed E-state index contributed by atoms with van der Waals surface area (Å²) >= 11 is 0. The van der Waals surface area contributed by atoms with Crippen molar-refractivity contribution < 1.29 is 13.2 Å². The maximum Gasteiger partial charge on any atom is 0.244 e. The van der Waals surface area contributed by atoms with Gasteiger partial charge in [0, 0.05) is 51.2 Å². The second-order valence-electron chi connectivity index (χ2n) is 6.68. The topological polar surface area (TPSA) is 66.0 Å². The first-order valence-electron chi connectivity index (χ1n) is 9.23. The molecule has 0 aliphatic carbocycles. The molecule has 3 heterocycles. The minimum absolute atomic E-state index is 0.246. The Bertz CT molecular complexity index is 844. The third kappa shape index (κ3) is 3.92. The fourth-order valence-electron chi connectivity index (χ4n) is 3.48. The molecule has 27 heavy (non-hydrogen) atoms. The van der Waals surface area contributed by atoms with E-state index in [1.54, 1.807) is 6.07 Å². The van der Waals surface area contributed by atoms with Gasteiger partial charge < -0.3 is 14.5 Å². The van der Waals surface area contributed by atoms with Crippen molar-refractivity contribution in [2.45, 2.75) is 4.90 Å². The second kappa shape index (κ2) is 7.84. The zero-order chi connectivity index (χ0) is 18.7. The summed E-state index contributed by atoms with van der Waals surface area (Å²) in [5, 5.41) is 0. The van der Waals surface area contributed by atoms with Crippen molar-refractivity contribution in [1.29, 1.82) is 0 Å². The Labute approximate surface area is 160 Å². The highest BCUT2D eigenvalue weighted by atomic mass is 32.2. The summed E-state index contributed by atoms with van der Waals surface area (Å²) in [5.74, 6) is 0.823. The molecule has 0 amide bonds. The number of benzene rings is 1. The van der Waals surface area contributed by atoms with Gasteiger partial charge in [-0.1, -0.05) is 18.2 Å². The Balaban J connectivity index is 1.41. The molecule has 0 atom stereocenters. The lowest BCUT2D eigenvalue weighted by Gasteiger charge is -2.36. The number of piperazine rings is 1. The summed E-state index contributed by atoms with van der Waals surface area (Å²) in [7, 11) is -3.49. The molecule has 2 aromatic rings. The van der Waals surface area contributed by atoms with Gasteiger partial charge in [-0.15, -0.1) is 0 Å². The van der Waals surface area contributed by atoms with Crippen LogP contribution in [0.3, 0.4) is 0 Å². The van der Waals surface area contributed by atoms with Crippen LogP contribution in [-0.4, -0.2) is 70.2 Å². The minimum Gasteiger partial charge on any atom is -0.379 e. The predicted octanol–water partition coefficient (Wildman–Crippen LogP) is 1.43. The molecule has 2 aliphatic rings. The van der Waals surface area contributed by atoms with E-state index in [9.17, 15) is 8.42 Å². The third-order valence-corrected chi connectivity index (χ3v) is 6.94.